The van der Waals surface area contributed by atoms with Gasteiger partial charge in [0.2, 0.25) is 0 Å². The number of benzene rings is 3. The second-order valence-electron chi connectivity index (χ2n) is 6.13. The summed E-state index contributed by atoms with van der Waals surface area (Å²) in [6.07, 6.45) is 0. The smallest absolute Gasteiger partial charge is 0.261 e. The monoisotopic (exact) mass is 378 g/mol. The van der Waals surface area contributed by atoms with E-state index in [1.54, 1.807) is 24.3 Å². The second kappa shape index (κ2) is 6.81. The molecule has 0 unspecified atom stereocenters. The van der Waals surface area contributed by atoms with E-state index < -0.39 is 10.0 Å². The number of fused-ring (bicyclic) bond motifs is 1. The van der Waals surface area contributed by atoms with Gasteiger partial charge in [0.05, 0.1) is 12.0 Å². The Labute approximate surface area is 157 Å². The number of methoxy groups -OCH3 is 1. The molecule has 1 aromatic heterocycles. The van der Waals surface area contributed by atoms with Crippen LogP contribution in [0, 0.1) is 0 Å². The summed E-state index contributed by atoms with van der Waals surface area (Å²) in [5.74, 6) is 0.608. The van der Waals surface area contributed by atoms with Crippen LogP contribution in [0.1, 0.15) is 0 Å². The Morgan fingerprint density at radius 1 is 0.889 bits per heavy atom. The number of aromatic nitrogens is 1. The molecular formula is C21H18N2O3S. The predicted octanol–water partition coefficient (Wildman–Crippen LogP) is 4.64. The van der Waals surface area contributed by atoms with Gasteiger partial charge in [-0.15, -0.1) is 0 Å². The maximum atomic E-state index is 12.5. The largest absolute Gasteiger partial charge is 0.497 e. The first-order valence-electron chi connectivity index (χ1n) is 8.40. The van der Waals surface area contributed by atoms with Crippen molar-refractivity contribution in [1.29, 1.82) is 0 Å². The van der Waals surface area contributed by atoms with E-state index in [-0.39, 0.29) is 4.90 Å². The van der Waals surface area contributed by atoms with Crippen LogP contribution in [0.5, 0.6) is 5.75 Å². The summed E-state index contributed by atoms with van der Waals surface area (Å²) in [4.78, 5) is 3.55. The van der Waals surface area contributed by atoms with Gasteiger partial charge >= 0.3 is 0 Å². The number of sulfonamides is 1. The number of ether oxygens (including phenoxy) is 1. The van der Waals surface area contributed by atoms with Crippen LogP contribution >= 0.6 is 0 Å². The summed E-state index contributed by atoms with van der Waals surface area (Å²) in [6.45, 7) is 0. The van der Waals surface area contributed by atoms with Crippen molar-refractivity contribution >= 4 is 26.6 Å². The van der Waals surface area contributed by atoms with Crippen molar-refractivity contribution in [2.24, 2.45) is 0 Å². The number of para-hydroxylation sites is 1. The van der Waals surface area contributed by atoms with Crippen LogP contribution < -0.4 is 9.46 Å². The van der Waals surface area contributed by atoms with Gasteiger partial charge in [-0.2, -0.15) is 0 Å². The van der Waals surface area contributed by atoms with Crippen LogP contribution in [0.25, 0.3) is 22.2 Å². The number of rotatable bonds is 5. The van der Waals surface area contributed by atoms with E-state index in [4.69, 9.17) is 4.74 Å². The molecule has 0 saturated carbocycles. The molecule has 2 N–H and O–H groups in total. The molecule has 136 valence electrons. The lowest BCUT2D eigenvalue weighted by Crippen LogP contribution is -2.12. The van der Waals surface area contributed by atoms with Gasteiger partial charge in [-0.3, -0.25) is 4.72 Å². The molecule has 3 aromatic carbocycles. The van der Waals surface area contributed by atoms with E-state index in [0.29, 0.717) is 11.4 Å². The Morgan fingerprint density at radius 2 is 1.59 bits per heavy atom. The third-order valence-electron chi connectivity index (χ3n) is 4.35. The second-order valence-corrected chi connectivity index (χ2v) is 7.81. The molecule has 4 aromatic rings. The average molecular weight is 378 g/mol. The van der Waals surface area contributed by atoms with Crippen molar-refractivity contribution < 1.29 is 13.2 Å². The van der Waals surface area contributed by atoms with E-state index in [1.807, 2.05) is 36.4 Å². The molecule has 0 bridgehead atoms. The molecule has 0 aliphatic carbocycles. The molecule has 4 rings (SSSR count). The van der Waals surface area contributed by atoms with E-state index in [0.717, 1.165) is 22.2 Å². The van der Waals surface area contributed by atoms with E-state index in [1.165, 1.54) is 19.2 Å². The zero-order chi connectivity index (χ0) is 18.9. The van der Waals surface area contributed by atoms with Gasteiger partial charge in [-0.05, 0) is 54.1 Å². The first-order chi connectivity index (χ1) is 13.0. The van der Waals surface area contributed by atoms with Crippen LogP contribution in [0.2, 0.25) is 0 Å². The number of hydrogen-bond donors (Lipinski definition) is 2. The third-order valence-corrected chi connectivity index (χ3v) is 5.75. The Hall–Kier alpha value is -3.25. The summed E-state index contributed by atoms with van der Waals surface area (Å²) in [5, 5.41) is 1.14. The zero-order valence-electron chi connectivity index (χ0n) is 14.6. The normalized spacial score (nSPS) is 11.4. The van der Waals surface area contributed by atoms with E-state index in [2.05, 4.69) is 15.8 Å². The molecular weight excluding hydrogens is 360 g/mol. The molecule has 0 amide bonds. The highest BCUT2D eigenvalue weighted by Gasteiger charge is 2.14. The van der Waals surface area contributed by atoms with Crippen LogP contribution in [0.4, 0.5) is 5.69 Å². The standard InChI is InChI=1S/C21H18N2O3S/c1-26-18-10-12-19(13-11-18)27(24,25)23-17-8-6-15(7-9-17)21-14-16-4-2-3-5-20(16)22-21/h2-14,22-23H,1H3. The average Bonchev–Trinajstić information content (AvgIpc) is 3.12. The molecule has 0 aliphatic rings. The molecule has 0 saturated heterocycles. The SMILES string of the molecule is COc1ccc(S(=O)(=O)Nc2ccc(-c3cc4ccccc4[nH]3)cc2)cc1. The minimum Gasteiger partial charge on any atom is -0.497 e. The molecule has 27 heavy (non-hydrogen) atoms. The molecule has 6 heteroatoms. The van der Waals surface area contributed by atoms with E-state index >= 15 is 0 Å². The molecule has 0 fully saturated rings. The Kier molecular flexibility index (Phi) is 4.33. The molecule has 5 nitrogen and oxygen atoms in total. The third kappa shape index (κ3) is 3.52. The summed E-state index contributed by atoms with van der Waals surface area (Å²) >= 11 is 0. The van der Waals surface area contributed by atoms with Crippen molar-refractivity contribution in [3.05, 3.63) is 78.9 Å². The number of aromatic amines is 1. The molecule has 0 radical (unpaired) electrons. The lowest BCUT2D eigenvalue weighted by atomic mass is 10.1. The summed E-state index contributed by atoms with van der Waals surface area (Å²) in [6, 6.07) is 23.7. The van der Waals surface area contributed by atoms with Gasteiger partial charge in [0.15, 0.2) is 0 Å². The van der Waals surface area contributed by atoms with Crippen LogP contribution in [-0.2, 0) is 10.0 Å². The number of hydrogen-bond acceptors (Lipinski definition) is 3. The first kappa shape index (κ1) is 17.2. The van der Waals surface area contributed by atoms with Gasteiger partial charge < -0.3 is 9.72 Å². The highest BCUT2D eigenvalue weighted by molar-refractivity contribution is 7.92. The van der Waals surface area contributed by atoms with Gasteiger partial charge in [0, 0.05) is 22.3 Å². The molecule has 1 heterocycles. The van der Waals surface area contributed by atoms with Gasteiger partial charge in [-0.1, -0.05) is 30.3 Å². The van der Waals surface area contributed by atoms with Gasteiger partial charge in [-0.25, -0.2) is 8.42 Å². The summed E-state index contributed by atoms with van der Waals surface area (Å²) in [5.41, 5.74) is 3.54. The maximum absolute atomic E-state index is 12.5. The topological polar surface area (TPSA) is 71.2 Å². The predicted molar refractivity (Wildman–Crippen MR) is 108 cm³/mol. The Morgan fingerprint density at radius 3 is 2.26 bits per heavy atom. The summed E-state index contributed by atoms with van der Waals surface area (Å²) < 4.78 is 32.7. The van der Waals surface area contributed by atoms with Gasteiger partial charge in [0.1, 0.15) is 5.75 Å². The van der Waals surface area contributed by atoms with Crippen molar-refractivity contribution in [2.45, 2.75) is 4.90 Å². The highest BCUT2D eigenvalue weighted by atomic mass is 32.2. The molecule has 0 atom stereocenters. The number of nitrogens with one attached hydrogen (secondary N) is 2. The lowest BCUT2D eigenvalue weighted by molar-refractivity contribution is 0.414. The van der Waals surface area contributed by atoms with Crippen molar-refractivity contribution in [2.75, 3.05) is 11.8 Å². The minimum atomic E-state index is -3.65. The Balaban J connectivity index is 1.56. The fraction of sp³-hybridized carbons (Fsp3) is 0.0476. The zero-order valence-corrected chi connectivity index (χ0v) is 15.5. The first-order valence-corrected chi connectivity index (χ1v) is 9.88. The lowest BCUT2D eigenvalue weighted by Gasteiger charge is -2.09. The fourth-order valence-electron chi connectivity index (χ4n) is 2.92. The minimum absolute atomic E-state index is 0.183. The van der Waals surface area contributed by atoms with Crippen molar-refractivity contribution in [3.63, 3.8) is 0 Å². The van der Waals surface area contributed by atoms with Crippen LogP contribution in [0.15, 0.2) is 83.8 Å². The Bertz CT molecular complexity index is 1150. The maximum Gasteiger partial charge on any atom is 0.261 e. The van der Waals surface area contributed by atoms with Crippen molar-refractivity contribution in [1.82, 2.24) is 4.98 Å². The molecule has 0 aliphatic heterocycles. The van der Waals surface area contributed by atoms with E-state index in [9.17, 15) is 8.42 Å². The van der Waals surface area contributed by atoms with Gasteiger partial charge in [0.25, 0.3) is 10.0 Å². The number of H-pyrrole nitrogens is 1. The van der Waals surface area contributed by atoms with Crippen molar-refractivity contribution in [3.8, 4) is 17.0 Å². The highest BCUT2D eigenvalue weighted by Crippen LogP contribution is 2.26. The van der Waals surface area contributed by atoms with Crippen LogP contribution in [0.3, 0.4) is 0 Å². The fourth-order valence-corrected chi connectivity index (χ4v) is 3.97. The summed E-state index contributed by atoms with van der Waals surface area (Å²) in [7, 11) is -2.11. The van der Waals surface area contributed by atoms with Crippen LogP contribution in [-0.4, -0.2) is 20.5 Å². The quantitative estimate of drug-likeness (QED) is 0.531. The number of anilines is 1. The molecule has 0 spiro atoms.